The minimum Gasteiger partial charge on any atom is -0.497 e. The lowest BCUT2D eigenvalue weighted by atomic mass is 10.0. The molecule has 1 saturated carbocycles. The molecule has 0 heterocycles. The molecule has 0 saturated heterocycles. The molecule has 3 nitrogen and oxygen atoms in total. The average Bonchev–Trinajstić information content (AvgIpc) is 3.22. The van der Waals surface area contributed by atoms with Gasteiger partial charge in [-0.15, -0.1) is 0 Å². The van der Waals surface area contributed by atoms with Crippen LogP contribution in [0.1, 0.15) is 18.4 Å². The van der Waals surface area contributed by atoms with Crippen LogP contribution in [0.25, 0.3) is 10.8 Å². The van der Waals surface area contributed by atoms with E-state index in [1.165, 1.54) is 29.2 Å². The van der Waals surface area contributed by atoms with Gasteiger partial charge >= 0.3 is 0 Å². The van der Waals surface area contributed by atoms with E-state index in [0.717, 1.165) is 11.6 Å². The van der Waals surface area contributed by atoms with Crippen LogP contribution in [0.3, 0.4) is 0 Å². The molecule has 0 aromatic heterocycles. The molecule has 2 N–H and O–H groups in total. The first kappa shape index (κ1) is 12.0. The Morgan fingerprint density at radius 1 is 1.32 bits per heavy atom. The Balaban J connectivity index is 1.97. The number of benzene rings is 2. The molecule has 3 heteroatoms. The summed E-state index contributed by atoms with van der Waals surface area (Å²) in [6.45, 7) is 0. The van der Waals surface area contributed by atoms with Crippen molar-refractivity contribution in [2.24, 2.45) is 10.7 Å². The lowest BCUT2D eigenvalue weighted by molar-refractivity contribution is 0.415. The van der Waals surface area contributed by atoms with Crippen molar-refractivity contribution in [3.63, 3.8) is 0 Å². The number of ether oxygens (including phenoxy) is 1. The standard InChI is InChI=1S/C16H18N2O/c1-19-14-8-5-11-3-2-4-12(15(11)10-14)9-16(17)18-13-6-7-13/h2-5,8,10,13H,6-7,9H2,1H3,(H2,17,18). The molecule has 2 aromatic carbocycles. The van der Waals surface area contributed by atoms with Crippen LogP contribution in [0.15, 0.2) is 41.4 Å². The van der Waals surface area contributed by atoms with Crippen LogP contribution in [0, 0.1) is 0 Å². The molecule has 0 amide bonds. The maximum Gasteiger partial charge on any atom is 0.119 e. The number of methoxy groups -OCH3 is 1. The van der Waals surface area contributed by atoms with Gasteiger partial charge in [-0.25, -0.2) is 0 Å². The van der Waals surface area contributed by atoms with E-state index in [4.69, 9.17) is 10.5 Å². The Labute approximate surface area is 113 Å². The first-order valence-electron chi connectivity index (χ1n) is 6.64. The summed E-state index contributed by atoms with van der Waals surface area (Å²) in [6, 6.07) is 12.9. The SMILES string of the molecule is COc1ccc2cccc(CC(N)=NC3CC3)c2c1. The molecule has 0 radical (unpaired) electrons. The highest BCUT2D eigenvalue weighted by Gasteiger charge is 2.20. The topological polar surface area (TPSA) is 47.6 Å². The van der Waals surface area contributed by atoms with E-state index >= 15 is 0 Å². The summed E-state index contributed by atoms with van der Waals surface area (Å²) < 4.78 is 5.30. The minimum absolute atomic E-state index is 0.476. The van der Waals surface area contributed by atoms with Crippen LogP contribution in [-0.4, -0.2) is 19.0 Å². The van der Waals surface area contributed by atoms with Gasteiger partial charge in [0.25, 0.3) is 0 Å². The van der Waals surface area contributed by atoms with Gasteiger partial charge in [-0.2, -0.15) is 0 Å². The van der Waals surface area contributed by atoms with Crippen molar-refractivity contribution in [3.05, 3.63) is 42.0 Å². The van der Waals surface area contributed by atoms with E-state index in [-0.39, 0.29) is 0 Å². The fourth-order valence-electron chi connectivity index (χ4n) is 2.28. The van der Waals surface area contributed by atoms with Crippen molar-refractivity contribution in [2.45, 2.75) is 25.3 Å². The van der Waals surface area contributed by atoms with E-state index in [2.05, 4.69) is 35.3 Å². The number of amidine groups is 1. The number of nitrogens with zero attached hydrogens (tertiary/aromatic N) is 1. The second-order valence-corrected chi connectivity index (χ2v) is 5.03. The van der Waals surface area contributed by atoms with Gasteiger partial charge in [-0.3, -0.25) is 4.99 Å². The highest BCUT2D eigenvalue weighted by molar-refractivity contribution is 5.92. The van der Waals surface area contributed by atoms with Gasteiger partial charge in [0, 0.05) is 6.42 Å². The van der Waals surface area contributed by atoms with Crippen molar-refractivity contribution >= 4 is 16.6 Å². The molecule has 3 rings (SSSR count). The van der Waals surface area contributed by atoms with Gasteiger partial charge < -0.3 is 10.5 Å². The van der Waals surface area contributed by atoms with E-state index in [1.807, 2.05) is 6.07 Å². The predicted octanol–water partition coefficient (Wildman–Crippen LogP) is 2.91. The second kappa shape index (κ2) is 4.92. The van der Waals surface area contributed by atoms with E-state index in [0.29, 0.717) is 12.5 Å². The van der Waals surface area contributed by atoms with Crippen molar-refractivity contribution in [3.8, 4) is 5.75 Å². The largest absolute Gasteiger partial charge is 0.497 e. The van der Waals surface area contributed by atoms with Crippen LogP contribution < -0.4 is 10.5 Å². The highest BCUT2D eigenvalue weighted by Crippen LogP contribution is 2.26. The predicted molar refractivity (Wildman–Crippen MR) is 78.8 cm³/mol. The summed E-state index contributed by atoms with van der Waals surface area (Å²) in [5.41, 5.74) is 7.23. The third kappa shape index (κ3) is 2.70. The van der Waals surface area contributed by atoms with Crippen LogP contribution in [-0.2, 0) is 6.42 Å². The van der Waals surface area contributed by atoms with Crippen LogP contribution in [0.5, 0.6) is 5.75 Å². The molecular weight excluding hydrogens is 236 g/mol. The van der Waals surface area contributed by atoms with Gasteiger partial charge in [0.2, 0.25) is 0 Å². The maximum absolute atomic E-state index is 6.03. The smallest absolute Gasteiger partial charge is 0.119 e. The van der Waals surface area contributed by atoms with E-state index in [1.54, 1.807) is 7.11 Å². The van der Waals surface area contributed by atoms with Gasteiger partial charge in [-0.1, -0.05) is 24.3 Å². The van der Waals surface area contributed by atoms with Gasteiger partial charge in [0.05, 0.1) is 19.0 Å². The van der Waals surface area contributed by atoms with E-state index in [9.17, 15) is 0 Å². The van der Waals surface area contributed by atoms with Crippen molar-refractivity contribution in [1.82, 2.24) is 0 Å². The Bertz CT molecular complexity index is 630. The Morgan fingerprint density at radius 2 is 2.16 bits per heavy atom. The fraction of sp³-hybridized carbons (Fsp3) is 0.312. The van der Waals surface area contributed by atoms with Crippen LogP contribution in [0.2, 0.25) is 0 Å². The summed E-state index contributed by atoms with van der Waals surface area (Å²) in [5.74, 6) is 1.61. The van der Waals surface area contributed by atoms with Gasteiger partial charge in [0.1, 0.15) is 5.75 Å². The van der Waals surface area contributed by atoms with Crippen LogP contribution >= 0.6 is 0 Å². The maximum atomic E-state index is 6.03. The number of nitrogens with two attached hydrogens (primary N) is 1. The molecular formula is C16H18N2O. The summed E-state index contributed by atoms with van der Waals surface area (Å²) in [6.07, 6.45) is 3.08. The Hall–Kier alpha value is -2.03. The number of fused-ring (bicyclic) bond motifs is 1. The molecule has 0 unspecified atom stereocenters. The molecule has 1 aliphatic rings. The van der Waals surface area contributed by atoms with Gasteiger partial charge in [-0.05, 0) is 41.3 Å². The fourth-order valence-corrected chi connectivity index (χ4v) is 2.28. The lowest BCUT2D eigenvalue weighted by Crippen LogP contribution is -2.16. The third-order valence-electron chi connectivity index (χ3n) is 3.45. The molecule has 0 spiro atoms. The minimum atomic E-state index is 0.476. The summed E-state index contributed by atoms with van der Waals surface area (Å²) in [5, 5.41) is 2.40. The highest BCUT2D eigenvalue weighted by atomic mass is 16.5. The second-order valence-electron chi connectivity index (χ2n) is 5.03. The molecule has 0 atom stereocenters. The van der Waals surface area contributed by atoms with Crippen molar-refractivity contribution in [2.75, 3.05) is 7.11 Å². The Kier molecular flexibility index (Phi) is 3.11. The first-order valence-corrected chi connectivity index (χ1v) is 6.64. The molecule has 98 valence electrons. The molecule has 2 aromatic rings. The molecule has 0 bridgehead atoms. The molecule has 1 fully saturated rings. The molecule has 1 aliphatic carbocycles. The summed E-state index contributed by atoms with van der Waals surface area (Å²) >= 11 is 0. The van der Waals surface area contributed by atoms with Crippen molar-refractivity contribution in [1.29, 1.82) is 0 Å². The summed E-state index contributed by atoms with van der Waals surface area (Å²) in [4.78, 5) is 4.50. The third-order valence-corrected chi connectivity index (χ3v) is 3.45. The zero-order valence-electron chi connectivity index (χ0n) is 11.1. The molecule has 0 aliphatic heterocycles. The monoisotopic (exact) mass is 254 g/mol. The molecule has 19 heavy (non-hydrogen) atoms. The Morgan fingerprint density at radius 3 is 2.89 bits per heavy atom. The quantitative estimate of drug-likeness (QED) is 0.673. The van der Waals surface area contributed by atoms with E-state index < -0.39 is 0 Å². The van der Waals surface area contributed by atoms with Gasteiger partial charge in [0.15, 0.2) is 0 Å². The van der Waals surface area contributed by atoms with Crippen molar-refractivity contribution < 1.29 is 4.74 Å². The number of rotatable bonds is 4. The zero-order valence-corrected chi connectivity index (χ0v) is 11.1. The zero-order chi connectivity index (χ0) is 13.2. The van der Waals surface area contributed by atoms with Crippen LogP contribution in [0.4, 0.5) is 0 Å². The lowest BCUT2D eigenvalue weighted by Gasteiger charge is -2.08. The average molecular weight is 254 g/mol. The number of aliphatic imine (C=N–C) groups is 1. The normalized spacial score (nSPS) is 15.7. The summed E-state index contributed by atoms with van der Waals surface area (Å²) in [7, 11) is 1.69. The first-order chi connectivity index (χ1) is 9.26. The number of hydrogen-bond acceptors (Lipinski definition) is 2. The number of hydrogen-bond donors (Lipinski definition) is 1.